The van der Waals surface area contributed by atoms with Gasteiger partial charge in [0.15, 0.2) is 21.5 Å². The molecule has 26 heavy (non-hydrogen) atoms. The van der Waals surface area contributed by atoms with Crippen molar-refractivity contribution in [3.05, 3.63) is 16.1 Å². The van der Waals surface area contributed by atoms with E-state index in [1.54, 1.807) is 0 Å². The van der Waals surface area contributed by atoms with Crippen LogP contribution in [-0.2, 0) is 22.6 Å². The van der Waals surface area contributed by atoms with Crippen LogP contribution in [-0.4, -0.2) is 68.5 Å². The highest BCUT2D eigenvalue weighted by atomic mass is 32.2. The van der Waals surface area contributed by atoms with Crippen LogP contribution in [0.1, 0.15) is 17.6 Å². The number of sulfone groups is 1. The summed E-state index contributed by atoms with van der Waals surface area (Å²) in [5.41, 5.74) is -0.897. The Balaban J connectivity index is 1.82. The van der Waals surface area contributed by atoms with E-state index in [2.05, 4.69) is 20.6 Å². The van der Waals surface area contributed by atoms with Crippen LogP contribution in [0.4, 0.5) is 13.2 Å². The number of aliphatic imine (C=N–C) groups is 1. The van der Waals surface area contributed by atoms with Crippen molar-refractivity contribution >= 4 is 27.1 Å². The lowest BCUT2D eigenvalue weighted by Gasteiger charge is -2.26. The third-order valence-corrected chi connectivity index (χ3v) is 6.16. The van der Waals surface area contributed by atoms with Gasteiger partial charge in [0, 0.05) is 38.1 Å². The fraction of sp³-hybridized carbons (Fsp3) is 0.714. The normalized spacial score (nSPS) is 18.7. The Hall–Kier alpha value is -1.40. The molecule has 0 saturated carbocycles. The number of halogens is 3. The lowest BCUT2D eigenvalue weighted by atomic mass is 10.4. The molecule has 0 unspecified atom stereocenters. The van der Waals surface area contributed by atoms with Gasteiger partial charge in [-0.3, -0.25) is 4.90 Å². The van der Waals surface area contributed by atoms with E-state index in [0.717, 1.165) is 16.7 Å². The summed E-state index contributed by atoms with van der Waals surface area (Å²) < 4.78 is 60.5. The second-order valence-electron chi connectivity index (χ2n) is 5.74. The number of rotatable bonds is 6. The number of nitrogens with one attached hydrogen (secondary N) is 2. The molecule has 1 saturated heterocycles. The van der Waals surface area contributed by atoms with Crippen LogP contribution in [0.2, 0.25) is 0 Å². The fourth-order valence-electron chi connectivity index (χ4n) is 2.31. The molecule has 2 heterocycles. The number of nitrogens with zero attached hydrogens (tertiary/aromatic N) is 3. The summed E-state index contributed by atoms with van der Waals surface area (Å²) >= 11 is 0.924. The SMILES string of the molecule is CCNC(=NCc1nc(C(F)(F)F)cs1)NCCN1CCS(=O)(=O)CC1. The molecule has 1 aromatic heterocycles. The van der Waals surface area contributed by atoms with Gasteiger partial charge in [-0.2, -0.15) is 13.2 Å². The second-order valence-corrected chi connectivity index (χ2v) is 8.99. The summed E-state index contributed by atoms with van der Waals surface area (Å²) in [6.45, 7) is 4.79. The average Bonchev–Trinajstić information content (AvgIpc) is 3.03. The minimum absolute atomic E-state index is 0.0536. The molecule has 2 rings (SSSR count). The van der Waals surface area contributed by atoms with Gasteiger partial charge >= 0.3 is 6.18 Å². The van der Waals surface area contributed by atoms with E-state index < -0.39 is 21.7 Å². The van der Waals surface area contributed by atoms with Crippen molar-refractivity contribution in [2.45, 2.75) is 19.6 Å². The predicted molar refractivity (Wildman–Crippen MR) is 95.0 cm³/mol. The maximum absolute atomic E-state index is 12.6. The van der Waals surface area contributed by atoms with Crippen LogP contribution in [0.15, 0.2) is 10.4 Å². The van der Waals surface area contributed by atoms with Crippen molar-refractivity contribution in [1.29, 1.82) is 0 Å². The molecular formula is C14H22F3N5O2S2. The van der Waals surface area contributed by atoms with Crippen LogP contribution >= 0.6 is 11.3 Å². The molecule has 148 valence electrons. The molecule has 12 heteroatoms. The van der Waals surface area contributed by atoms with Crippen molar-refractivity contribution in [3.63, 3.8) is 0 Å². The second kappa shape index (κ2) is 9.00. The van der Waals surface area contributed by atoms with Crippen LogP contribution in [0.3, 0.4) is 0 Å². The van der Waals surface area contributed by atoms with E-state index in [9.17, 15) is 21.6 Å². The first-order chi connectivity index (χ1) is 12.2. The molecule has 0 aromatic carbocycles. The lowest BCUT2D eigenvalue weighted by Crippen LogP contribution is -2.45. The highest BCUT2D eigenvalue weighted by molar-refractivity contribution is 7.91. The Morgan fingerprint density at radius 1 is 1.35 bits per heavy atom. The van der Waals surface area contributed by atoms with E-state index in [1.807, 2.05) is 11.8 Å². The standard InChI is InChI=1S/C14H22F3N5O2S2/c1-2-18-13(19-3-4-22-5-7-26(23,24)8-6-22)20-9-12-21-11(10-25-12)14(15,16)17/h10H,2-9H2,1H3,(H2,18,19,20). The Morgan fingerprint density at radius 3 is 2.62 bits per heavy atom. The summed E-state index contributed by atoms with van der Waals surface area (Å²) in [4.78, 5) is 9.84. The smallest absolute Gasteiger partial charge is 0.357 e. The Morgan fingerprint density at radius 2 is 2.04 bits per heavy atom. The van der Waals surface area contributed by atoms with Gasteiger partial charge in [-0.25, -0.2) is 18.4 Å². The van der Waals surface area contributed by atoms with Crippen molar-refractivity contribution < 1.29 is 21.6 Å². The van der Waals surface area contributed by atoms with E-state index >= 15 is 0 Å². The Labute approximate surface area is 154 Å². The molecule has 2 N–H and O–H groups in total. The quantitative estimate of drug-likeness (QED) is 0.533. The van der Waals surface area contributed by atoms with Crippen LogP contribution in [0.25, 0.3) is 0 Å². The number of guanidine groups is 1. The number of aromatic nitrogens is 1. The van der Waals surface area contributed by atoms with E-state index in [1.165, 1.54) is 0 Å². The van der Waals surface area contributed by atoms with Crippen LogP contribution in [0.5, 0.6) is 0 Å². The topological polar surface area (TPSA) is 86.7 Å². The maximum atomic E-state index is 12.6. The average molecular weight is 413 g/mol. The van der Waals surface area contributed by atoms with Crippen LogP contribution < -0.4 is 10.6 Å². The van der Waals surface area contributed by atoms with Gasteiger partial charge < -0.3 is 10.6 Å². The van der Waals surface area contributed by atoms with Crippen molar-refractivity contribution in [3.8, 4) is 0 Å². The largest absolute Gasteiger partial charge is 0.434 e. The first-order valence-electron chi connectivity index (χ1n) is 8.16. The highest BCUT2D eigenvalue weighted by Crippen LogP contribution is 2.30. The van der Waals surface area contributed by atoms with Gasteiger partial charge in [0.25, 0.3) is 0 Å². The first-order valence-corrected chi connectivity index (χ1v) is 10.9. The van der Waals surface area contributed by atoms with Gasteiger partial charge in [0.2, 0.25) is 0 Å². The molecule has 7 nitrogen and oxygen atoms in total. The van der Waals surface area contributed by atoms with Crippen molar-refractivity contribution in [1.82, 2.24) is 20.5 Å². The lowest BCUT2D eigenvalue weighted by molar-refractivity contribution is -0.140. The Bertz CT molecular complexity index is 704. The summed E-state index contributed by atoms with van der Waals surface area (Å²) in [6, 6.07) is 0. The van der Waals surface area contributed by atoms with Gasteiger partial charge in [-0.1, -0.05) is 0 Å². The number of alkyl halides is 3. The van der Waals surface area contributed by atoms with Gasteiger partial charge in [0.05, 0.1) is 18.1 Å². The zero-order valence-corrected chi connectivity index (χ0v) is 16.0. The third kappa shape index (κ3) is 6.72. The van der Waals surface area contributed by atoms with E-state index in [0.29, 0.717) is 38.7 Å². The first kappa shape index (κ1) is 20.9. The molecule has 0 spiro atoms. The maximum Gasteiger partial charge on any atom is 0.434 e. The summed E-state index contributed by atoms with van der Waals surface area (Å²) in [5, 5.41) is 7.39. The van der Waals surface area contributed by atoms with Crippen molar-refractivity contribution in [2.75, 3.05) is 44.2 Å². The number of hydrogen-bond acceptors (Lipinski definition) is 6. The third-order valence-electron chi connectivity index (χ3n) is 3.72. The summed E-state index contributed by atoms with van der Waals surface area (Å²) in [7, 11) is -2.90. The molecule has 0 radical (unpaired) electrons. The molecule has 1 aliphatic heterocycles. The molecule has 0 atom stereocenters. The van der Waals surface area contributed by atoms with E-state index in [-0.39, 0.29) is 23.1 Å². The molecule has 1 aliphatic rings. The Kier molecular flexibility index (Phi) is 7.24. The molecule has 0 aliphatic carbocycles. The molecule has 0 bridgehead atoms. The summed E-state index contributed by atoms with van der Waals surface area (Å²) in [6.07, 6.45) is -4.44. The number of hydrogen-bond donors (Lipinski definition) is 2. The highest BCUT2D eigenvalue weighted by Gasteiger charge is 2.33. The van der Waals surface area contributed by atoms with Crippen LogP contribution in [0, 0.1) is 0 Å². The van der Waals surface area contributed by atoms with Gasteiger partial charge in [-0.15, -0.1) is 11.3 Å². The zero-order valence-electron chi connectivity index (χ0n) is 14.3. The molecule has 1 aromatic rings. The fourth-order valence-corrected chi connectivity index (χ4v) is 4.31. The minimum Gasteiger partial charge on any atom is -0.357 e. The van der Waals surface area contributed by atoms with Gasteiger partial charge in [-0.05, 0) is 6.92 Å². The number of thiazole rings is 1. The molecule has 0 amide bonds. The molecule has 1 fully saturated rings. The monoisotopic (exact) mass is 413 g/mol. The van der Waals surface area contributed by atoms with Crippen molar-refractivity contribution in [2.24, 2.45) is 4.99 Å². The predicted octanol–water partition coefficient (Wildman–Crippen LogP) is 0.947. The van der Waals surface area contributed by atoms with E-state index in [4.69, 9.17) is 0 Å². The molecular weight excluding hydrogens is 391 g/mol. The zero-order chi connectivity index (χ0) is 19.2. The minimum atomic E-state index is -4.44. The summed E-state index contributed by atoms with van der Waals surface area (Å²) in [5.74, 6) is 0.834. The van der Waals surface area contributed by atoms with Gasteiger partial charge in [0.1, 0.15) is 5.01 Å².